The standard InChI is InChI=1S/C27H37FN2O2/c1-19(2)25(29-26(32)13-10-21-8-11-23(28)12-9-21)18-30-15-14-27(4,20(3)17-30)22-6-5-7-24(31)16-22/h5-9,11-12,16,19-20,25,31H,10,13-15,17-18H2,1-4H3,(H,29,32). The fourth-order valence-electron chi connectivity index (χ4n) is 4.66. The third kappa shape index (κ3) is 6.10. The Morgan fingerprint density at radius 3 is 2.59 bits per heavy atom. The molecular formula is C27H37FN2O2. The molecule has 0 radical (unpaired) electrons. The summed E-state index contributed by atoms with van der Waals surface area (Å²) >= 11 is 0. The number of piperidine rings is 1. The first kappa shape index (κ1) is 24.2. The lowest BCUT2D eigenvalue weighted by molar-refractivity contribution is -0.122. The maximum atomic E-state index is 13.1. The highest BCUT2D eigenvalue weighted by Gasteiger charge is 2.38. The van der Waals surface area contributed by atoms with Crippen LogP contribution in [0.1, 0.15) is 51.7 Å². The minimum absolute atomic E-state index is 0.0287. The maximum Gasteiger partial charge on any atom is 0.220 e. The fraction of sp³-hybridized carbons (Fsp3) is 0.519. The van der Waals surface area contributed by atoms with Gasteiger partial charge in [-0.2, -0.15) is 0 Å². The van der Waals surface area contributed by atoms with Crippen molar-refractivity contribution in [3.63, 3.8) is 0 Å². The molecule has 0 saturated carbocycles. The van der Waals surface area contributed by atoms with Gasteiger partial charge in [0, 0.05) is 25.6 Å². The van der Waals surface area contributed by atoms with Gasteiger partial charge in [-0.3, -0.25) is 4.79 Å². The average Bonchev–Trinajstić information content (AvgIpc) is 2.75. The number of halogens is 1. The van der Waals surface area contributed by atoms with Crippen molar-refractivity contribution in [1.82, 2.24) is 10.2 Å². The largest absolute Gasteiger partial charge is 0.508 e. The second-order valence-electron chi connectivity index (χ2n) is 9.92. The Balaban J connectivity index is 1.54. The van der Waals surface area contributed by atoms with E-state index in [1.807, 2.05) is 12.1 Å². The summed E-state index contributed by atoms with van der Waals surface area (Å²) in [5, 5.41) is 13.2. The number of likely N-dealkylation sites (tertiary alicyclic amines) is 1. The Bertz CT molecular complexity index is 899. The van der Waals surface area contributed by atoms with Crippen LogP contribution in [0.4, 0.5) is 4.39 Å². The molecule has 0 aliphatic carbocycles. The van der Waals surface area contributed by atoms with Crippen LogP contribution in [0.3, 0.4) is 0 Å². The average molecular weight is 441 g/mol. The molecule has 3 rings (SSSR count). The molecular weight excluding hydrogens is 403 g/mol. The highest BCUT2D eigenvalue weighted by Crippen LogP contribution is 2.40. The van der Waals surface area contributed by atoms with E-state index in [9.17, 15) is 14.3 Å². The van der Waals surface area contributed by atoms with Crippen LogP contribution in [-0.2, 0) is 16.6 Å². The van der Waals surface area contributed by atoms with Gasteiger partial charge < -0.3 is 15.3 Å². The topological polar surface area (TPSA) is 52.6 Å². The lowest BCUT2D eigenvalue weighted by atomic mass is 9.68. The normalized spacial score (nSPS) is 22.6. The SMILES string of the molecule is CC(C)C(CN1CCC(C)(c2cccc(O)c2)C(C)C1)NC(=O)CCc1ccc(F)cc1. The van der Waals surface area contributed by atoms with Gasteiger partial charge in [-0.25, -0.2) is 4.39 Å². The molecule has 1 aliphatic heterocycles. The lowest BCUT2D eigenvalue weighted by Crippen LogP contribution is -2.53. The quantitative estimate of drug-likeness (QED) is 0.614. The van der Waals surface area contributed by atoms with Crippen molar-refractivity contribution in [2.45, 2.75) is 58.4 Å². The van der Waals surface area contributed by atoms with E-state index in [4.69, 9.17) is 0 Å². The first-order chi connectivity index (χ1) is 15.2. The van der Waals surface area contributed by atoms with E-state index >= 15 is 0 Å². The number of phenols is 1. The van der Waals surface area contributed by atoms with Gasteiger partial charge in [-0.1, -0.05) is 52.0 Å². The van der Waals surface area contributed by atoms with Crippen LogP contribution >= 0.6 is 0 Å². The van der Waals surface area contributed by atoms with Crippen molar-refractivity contribution in [3.8, 4) is 5.75 Å². The Morgan fingerprint density at radius 2 is 1.97 bits per heavy atom. The number of carbonyl (C=O) groups is 1. The molecule has 0 bridgehead atoms. The molecule has 4 nitrogen and oxygen atoms in total. The predicted molar refractivity (Wildman–Crippen MR) is 127 cm³/mol. The number of aromatic hydroxyl groups is 1. The van der Waals surface area contributed by atoms with Crippen LogP contribution in [0.5, 0.6) is 5.75 Å². The van der Waals surface area contributed by atoms with E-state index in [2.05, 4.69) is 44.0 Å². The summed E-state index contributed by atoms with van der Waals surface area (Å²) in [7, 11) is 0. The summed E-state index contributed by atoms with van der Waals surface area (Å²) in [5.41, 5.74) is 2.19. The van der Waals surface area contributed by atoms with Crippen molar-refractivity contribution in [2.75, 3.05) is 19.6 Å². The smallest absolute Gasteiger partial charge is 0.220 e. The number of aryl methyl sites for hydroxylation is 1. The molecule has 3 unspecified atom stereocenters. The molecule has 174 valence electrons. The molecule has 5 heteroatoms. The van der Waals surface area contributed by atoms with Gasteiger partial charge in [-0.05, 0) is 72.0 Å². The molecule has 1 amide bonds. The van der Waals surface area contributed by atoms with Crippen molar-refractivity contribution < 1.29 is 14.3 Å². The van der Waals surface area contributed by atoms with Crippen LogP contribution < -0.4 is 5.32 Å². The predicted octanol–water partition coefficient (Wildman–Crippen LogP) is 4.90. The van der Waals surface area contributed by atoms with Gasteiger partial charge in [0.05, 0.1) is 0 Å². The highest BCUT2D eigenvalue weighted by atomic mass is 19.1. The van der Waals surface area contributed by atoms with Gasteiger partial charge >= 0.3 is 0 Å². The molecule has 0 aromatic heterocycles. The zero-order valence-electron chi connectivity index (χ0n) is 19.8. The number of benzene rings is 2. The zero-order chi connectivity index (χ0) is 23.3. The second kappa shape index (κ2) is 10.5. The number of rotatable bonds is 8. The molecule has 32 heavy (non-hydrogen) atoms. The Hall–Kier alpha value is -2.40. The van der Waals surface area contributed by atoms with E-state index in [0.717, 1.165) is 31.6 Å². The van der Waals surface area contributed by atoms with Crippen LogP contribution in [0.2, 0.25) is 0 Å². The number of hydrogen-bond donors (Lipinski definition) is 2. The van der Waals surface area contributed by atoms with Gasteiger partial charge in [0.1, 0.15) is 11.6 Å². The monoisotopic (exact) mass is 440 g/mol. The number of hydrogen-bond acceptors (Lipinski definition) is 3. The summed E-state index contributed by atoms with van der Waals surface area (Å²) in [4.78, 5) is 15.1. The van der Waals surface area contributed by atoms with Gasteiger partial charge in [0.15, 0.2) is 0 Å². The first-order valence-electron chi connectivity index (χ1n) is 11.7. The van der Waals surface area contributed by atoms with Crippen LogP contribution in [0, 0.1) is 17.7 Å². The molecule has 2 N–H and O–H groups in total. The Morgan fingerprint density at radius 1 is 1.25 bits per heavy atom. The summed E-state index contributed by atoms with van der Waals surface area (Å²) < 4.78 is 13.1. The van der Waals surface area contributed by atoms with Crippen molar-refractivity contribution in [2.24, 2.45) is 11.8 Å². The molecule has 1 saturated heterocycles. The van der Waals surface area contributed by atoms with Crippen molar-refractivity contribution in [1.29, 1.82) is 0 Å². The number of phenolic OH excluding ortho intramolecular Hbond substituents is 1. The third-order valence-corrected chi connectivity index (χ3v) is 7.23. The van der Waals surface area contributed by atoms with Crippen LogP contribution in [0.25, 0.3) is 0 Å². The fourth-order valence-corrected chi connectivity index (χ4v) is 4.66. The molecule has 1 heterocycles. The van der Waals surface area contributed by atoms with Gasteiger partial charge in [0.2, 0.25) is 5.91 Å². The first-order valence-corrected chi connectivity index (χ1v) is 11.7. The van der Waals surface area contributed by atoms with E-state index in [-0.39, 0.29) is 23.2 Å². The van der Waals surface area contributed by atoms with E-state index < -0.39 is 0 Å². The van der Waals surface area contributed by atoms with Crippen molar-refractivity contribution >= 4 is 5.91 Å². The summed E-state index contributed by atoms with van der Waals surface area (Å²) in [6.07, 6.45) is 2.03. The molecule has 0 spiro atoms. The minimum atomic E-state index is -0.256. The number of amides is 1. The van der Waals surface area contributed by atoms with E-state index in [1.165, 1.54) is 17.7 Å². The summed E-state index contributed by atoms with van der Waals surface area (Å²) in [5.74, 6) is 0.873. The zero-order valence-corrected chi connectivity index (χ0v) is 19.8. The molecule has 1 fully saturated rings. The lowest BCUT2D eigenvalue weighted by Gasteiger charge is -2.46. The maximum absolute atomic E-state index is 13.1. The third-order valence-electron chi connectivity index (χ3n) is 7.23. The molecule has 2 aromatic rings. The minimum Gasteiger partial charge on any atom is -0.508 e. The molecule has 2 aromatic carbocycles. The second-order valence-corrected chi connectivity index (χ2v) is 9.92. The van der Waals surface area contributed by atoms with E-state index in [1.54, 1.807) is 18.2 Å². The van der Waals surface area contributed by atoms with E-state index in [0.29, 0.717) is 30.4 Å². The molecule has 3 atom stereocenters. The molecule has 1 aliphatic rings. The van der Waals surface area contributed by atoms with Crippen molar-refractivity contribution in [3.05, 3.63) is 65.5 Å². The van der Waals surface area contributed by atoms with Gasteiger partial charge in [0.25, 0.3) is 0 Å². The van der Waals surface area contributed by atoms with Crippen LogP contribution in [0.15, 0.2) is 48.5 Å². The highest BCUT2D eigenvalue weighted by molar-refractivity contribution is 5.76. The Labute approximate surface area is 191 Å². The van der Waals surface area contributed by atoms with Gasteiger partial charge in [-0.15, -0.1) is 0 Å². The van der Waals surface area contributed by atoms with Crippen LogP contribution in [-0.4, -0.2) is 41.6 Å². The summed E-state index contributed by atoms with van der Waals surface area (Å²) in [6.45, 7) is 11.6. The summed E-state index contributed by atoms with van der Waals surface area (Å²) in [6, 6.07) is 14.1. The number of nitrogens with zero attached hydrogens (tertiary/aromatic N) is 1. The number of nitrogens with one attached hydrogen (secondary N) is 1. The number of carbonyl (C=O) groups excluding carboxylic acids is 1. The Kier molecular flexibility index (Phi) is 7.94.